The van der Waals surface area contributed by atoms with Gasteiger partial charge in [0.05, 0.1) is 5.56 Å². The van der Waals surface area contributed by atoms with E-state index in [1.54, 1.807) is 30.2 Å². The first kappa shape index (κ1) is 14.0. The van der Waals surface area contributed by atoms with Gasteiger partial charge in [-0.15, -0.1) is 0 Å². The van der Waals surface area contributed by atoms with Crippen LogP contribution in [0.15, 0.2) is 18.3 Å². The van der Waals surface area contributed by atoms with Gasteiger partial charge in [-0.3, -0.25) is 9.78 Å². The van der Waals surface area contributed by atoms with Gasteiger partial charge in [0.15, 0.2) is 0 Å². The fraction of sp³-hybridized carbons (Fsp3) is 0.562. The molecule has 0 spiro atoms. The Morgan fingerprint density at radius 3 is 2.81 bits per heavy atom. The molecule has 0 bridgehead atoms. The van der Waals surface area contributed by atoms with E-state index in [-0.39, 0.29) is 11.9 Å². The minimum absolute atomic E-state index is 0.0759. The van der Waals surface area contributed by atoms with Crippen molar-refractivity contribution in [3.05, 3.63) is 29.6 Å². The lowest BCUT2D eigenvalue weighted by Crippen LogP contribution is -2.46. The van der Waals surface area contributed by atoms with E-state index >= 15 is 0 Å². The summed E-state index contributed by atoms with van der Waals surface area (Å²) in [7, 11) is 0. The van der Waals surface area contributed by atoms with Gasteiger partial charge in [0, 0.05) is 17.9 Å². The molecule has 1 aliphatic carbocycles. The van der Waals surface area contributed by atoms with Crippen molar-refractivity contribution in [2.24, 2.45) is 5.92 Å². The zero-order chi connectivity index (χ0) is 15.0. The van der Waals surface area contributed by atoms with E-state index in [4.69, 9.17) is 0 Å². The molecule has 1 aliphatic heterocycles. The number of rotatable bonds is 2. The second kappa shape index (κ2) is 5.47. The number of hydrogen-bond acceptors (Lipinski definition) is 3. The third-order valence-corrected chi connectivity index (χ3v) is 4.84. The molecule has 3 rings (SSSR count). The average molecular weight is 288 g/mol. The highest BCUT2D eigenvalue weighted by atomic mass is 16.4. The smallest absolute Gasteiger partial charge is 0.326 e. The van der Waals surface area contributed by atoms with Crippen molar-refractivity contribution in [2.75, 3.05) is 0 Å². The zero-order valence-electron chi connectivity index (χ0n) is 12.2. The number of carbonyl (C=O) groups is 2. The lowest BCUT2D eigenvalue weighted by atomic mass is 9.84. The molecule has 2 aliphatic rings. The van der Waals surface area contributed by atoms with Gasteiger partial charge >= 0.3 is 5.97 Å². The number of fused-ring (bicyclic) bond motifs is 1. The molecule has 2 heterocycles. The van der Waals surface area contributed by atoms with Gasteiger partial charge in [-0.1, -0.05) is 12.8 Å². The van der Waals surface area contributed by atoms with E-state index < -0.39 is 12.0 Å². The molecule has 1 aromatic rings. The Kier molecular flexibility index (Phi) is 3.66. The second-order valence-corrected chi connectivity index (χ2v) is 6.05. The maximum absolute atomic E-state index is 12.9. The van der Waals surface area contributed by atoms with Crippen LogP contribution in [0, 0.1) is 12.8 Å². The van der Waals surface area contributed by atoms with Crippen LogP contribution in [-0.4, -0.2) is 39.0 Å². The molecular weight excluding hydrogens is 268 g/mol. The fourth-order valence-corrected chi connectivity index (χ4v) is 3.82. The van der Waals surface area contributed by atoms with Crippen LogP contribution < -0.4 is 0 Å². The summed E-state index contributed by atoms with van der Waals surface area (Å²) in [6, 6.07) is 2.85. The molecule has 1 aromatic heterocycles. The predicted molar refractivity (Wildman–Crippen MR) is 76.9 cm³/mol. The maximum Gasteiger partial charge on any atom is 0.326 e. The number of hydrogen-bond donors (Lipinski definition) is 1. The monoisotopic (exact) mass is 288 g/mol. The van der Waals surface area contributed by atoms with Crippen molar-refractivity contribution in [3.63, 3.8) is 0 Å². The van der Waals surface area contributed by atoms with Gasteiger partial charge in [0.2, 0.25) is 0 Å². The van der Waals surface area contributed by atoms with Crippen molar-refractivity contribution in [2.45, 2.75) is 51.1 Å². The van der Waals surface area contributed by atoms with E-state index in [0.717, 1.165) is 25.7 Å². The first-order chi connectivity index (χ1) is 10.1. The molecular formula is C16H20N2O3. The minimum atomic E-state index is -0.890. The van der Waals surface area contributed by atoms with Crippen molar-refractivity contribution < 1.29 is 14.7 Å². The van der Waals surface area contributed by atoms with Gasteiger partial charge in [0.25, 0.3) is 5.91 Å². The third kappa shape index (κ3) is 2.41. The summed E-state index contributed by atoms with van der Waals surface area (Å²) in [5.74, 6) is -0.734. The summed E-state index contributed by atoms with van der Waals surface area (Å²) >= 11 is 0. The van der Waals surface area contributed by atoms with Crippen LogP contribution in [-0.2, 0) is 4.79 Å². The molecule has 3 unspecified atom stereocenters. The van der Waals surface area contributed by atoms with E-state index in [1.165, 1.54) is 0 Å². The summed E-state index contributed by atoms with van der Waals surface area (Å²) in [5, 5.41) is 9.49. The van der Waals surface area contributed by atoms with Crippen LogP contribution in [0.1, 0.15) is 48.2 Å². The first-order valence-electron chi connectivity index (χ1n) is 7.56. The molecule has 1 saturated heterocycles. The number of amides is 1. The van der Waals surface area contributed by atoms with E-state index in [9.17, 15) is 14.7 Å². The predicted octanol–water partition coefficient (Wildman–Crippen LogP) is 2.25. The normalized spacial score (nSPS) is 28.2. The molecule has 2 fully saturated rings. The number of aliphatic carboxylic acids is 1. The summed E-state index contributed by atoms with van der Waals surface area (Å²) in [6.45, 7) is 1.79. The van der Waals surface area contributed by atoms with Gasteiger partial charge in [-0.25, -0.2) is 4.79 Å². The molecule has 1 N–H and O–H groups in total. The molecule has 21 heavy (non-hydrogen) atoms. The zero-order valence-corrected chi connectivity index (χ0v) is 12.2. The number of aryl methyl sites for hydroxylation is 1. The molecule has 1 saturated carbocycles. The Labute approximate surface area is 124 Å². The van der Waals surface area contributed by atoms with Gasteiger partial charge in [0.1, 0.15) is 6.04 Å². The van der Waals surface area contributed by atoms with Crippen LogP contribution in [0.3, 0.4) is 0 Å². The van der Waals surface area contributed by atoms with Crippen LogP contribution in [0.2, 0.25) is 0 Å². The van der Waals surface area contributed by atoms with Crippen LogP contribution in [0.4, 0.5) is 0 Å². The van der Waals surface area contributed by atoms with E-state index in [0.29, 0.717) is 23.6 Å². The highest BCUT2D eigenvalue weighted by molar-refractivity contribution is 5.98. The molecule has 1 amide bonds. The third-order valence-electron chi connectivity index (χ3n) is 4.84. The van der Waals surface area contributed by atoms with E-state index in [1.807, 2.05) is 0 Å². The topological polar surface area (TPSA) is 70.5 Å². The fourth-order valence-electron chi connectivity index (χ4n) is 3.82. The minimum Gasteiger partial charge on any atom is -0.480 e. The van der Waals surface area contributed by atoms with Crippen LogP contribution in [0.25, 0.3) is 0 Å². The number of carboxylic acid groups (broad SMARTS) is 1. The number of carboxylic acids is 1. The maximum atomic E-state index is 12.9. The lowest BCUT2D eigenvalue weighted by molar-refractivity contribution is -0.141. The van der Waals surface area contributed by atoms with Crippen molar-refractivity contribution >= 4 is 11.9 Å². The number of carbonyl (C=O) groups excluding carboxylic acids is 1. The number of pyridine rings is 1. The van der Waals surface area contributed by atoms with Crippen LogP contribution in [0.5, 0.6) is 0 Å². The summed E-state index contributed by atoms with van der Waals surface area (Å²) in [5.41, 5.74) is 1.18. The molecule has 5 nitrogen and oxygen atoms in total. The van der Waals surface area contributed by atoms with Crippen molar-refractivity contribution in [1.82, 2.24) is 9.88 Å². The highest BCUT2D eigenvalue weighted by Gasteiger charge is 2.47. The summed E-state index contributed by atoms with van der Waals surface area (Å²) < 4.78 is 0. The molecule has 5 heteroatoms. The number of aromatic nitrogens is 1. The SMILES string of the molecule is Cc1ncccc1C(=O)N1C(C(=O)O)CC2CCCCC21. The molecule has 0 radical (unpaired) electrons. The van der Waals surface area contributed by atoms with E-state index in [2.05, 4.69) is 4.98 Å². The molecule has 112 valence electrons. The summed E-state index contributed by atoms with van der Waals surface area (Å²) in [6.07, 6.45) is 6.40. The standard InChI is InChI=1S/C16H20N2O3/c1-10-12(6-4-8-17-10)15(19)18-13-7-3-2-5-11(13)9-14(18)16(20)21/h4,6,8,11,13-14H,2-3,5,7,9H2,1H3,(H,20,21). The van der Waals surface area contributed by atoms with Gasteiger partial charge in [-0.2, -0.15) is 0 Å². The second-order valence-electron chi connectivity index (χ2n) is 6.05. The van der Waals surface area contributed by atoms with Gasteiger partial charge in [-0.05, 0) is 44.2 Å². The van der Waals surface area contributed by atoms with Gasteiger partial charge < -0.3 is 10.0 Å². The lowest BCUT2D eigenvalue weighted by Gasteiger charge is -2.33. The van der Waals surface area contributed by atoms with Crippen molar-refractivity contribution in [1.29, 1.82) is 0 Å². The Morgan fingerprint density at radius 1 is 1.33 bits per heavy atom. The van der Waals surface area contributed by atoms with Crippen LogP contribution >= 0.6 is 0 Å². The Morgan fingerprint density at radius 2 is 2.10 bits per heavy atom. The first-order valence-corrected chi connectivity index (χ1v) is 7.56. The average Bonchev–Trinajstić information content (AvgIpc) is 2.86. The molecule has 3 atom stereocenters. The Hall–Kier alpha value is -1.91. The Bertz CT molecular complexity index is 572. The Balaban J connectivity index is 1.95. The number of nitrogens with zero attached hydrogens (tertiary/aromatic N) is 2. The largest absolute Gasteiger partial charge is 0.480 e. The number of likely N-dealkylation sites (tertiary alicyclic amines) is 1. The summed E-state index contributed by atoms with van der Waals surface area (Å²) in [4.78, 5) is 30.2. The quantitative estimate of drug-likeness (QED) is 0.906. The highest BCUT2D eigenvalue weighted by Crippen LogP contribution is 2.40. The molecule has 0 aromatic carbocycles. The van der Waals surface area contributed by atoms with Crippen molar-refractivity contribution in [3.8, 4) is 0 Å².